The Hall–Kier alpha value is -3.16. The minimum Gasteiger partial charge on any atom is -0.497 e. The number of methoxy groups -OCH3 is 1. The predicted octanol–water partition coefficient (Wildman–Crippen LogP) is 4.57. The predicted molar refractivity (Wildman–Crippen MR) is 112 cm³/mol. The fraction of sp³-hybridized carbons (Fsp3) is 0.100. The Kier molecular flexibility index (Phi) is 4.34. The van der Waals surface area contributed by atoms with E-state index in [1.165, 1.54) is 0 Å². The largest absolute Gasteiger partial charge is 0.497 e. The van der Waals surface area contributed by atoms with Crippen molar-refractivity contribution in [3.63, 3.8) is 0 Å². The van der Waals surface area contributed by atoms with Gasteiger partial charge in [-0.15, -0.1) is 0 Å². The van der Waals surface area contributed by atoms with Crippen molar-refractivity contribution in [1.29, 1.82) is 0 Å². The van der Waals surface area contributed by atoms with Crippen molar-refractivity contribution in [3.05, 3.63) is 70.5 Å². The molecule has 0 amide bonds. The van der Waals surface area contributed by atoms with Crippen LogP contribution in [0.4, 0.5) is 0 Å². The van der Waals surface area contributed by atoms with Gasteiger partial charge >= 0.3 is 0 Å². The number of pyridine rings is 1. The van der Waals surface area contributed by atoms with E-state index in [9.17, 15) is 0 Å². The smallest absolute Gasteiger partial charge is 0.179 e. The van der Waals surface area contributed by atoms with Gasteiger partial charge in [-0.1, -0.05) is 23.2 Å². The normalized spacial score (nSPS) is 11.4. The van der Waals surface area contributed by atoms with Crippen LogP contribution in [0.5, 0.6) is 5.75 Å². The van der Waals surface area contributed by atoms with Gasteiger partial charge in [0.2, 0.25) is 0 Å². The lowest BCUT2D eigenvalue weighted by Crippen LogP contribution is -1.95. The van der Waals surface area contributed by atoms with E-state index in [0.29, 0.717) is 33.8 Å². The average Bonchev–Trinajstić information content (AvgIpc) is 3.30. The zero-order valence-electron chi connectivity index (χ0n) is 15.2. The van der Waals surface area contributed by atoms with E-state index in [0.717, 1.165) is 28.2 Å². The Bertz CT molecular complexity index is 1360. The number of imidazole rings is 2. The van der Waals surface area contributed by atoms with Gasteiger partial charge in [0.1, 0.15) is 28.2 Å². The fourth-order valence-electron chi connectivity index (χ4n) is 3.23. The van der Waals surface area contributed by atoms with Gasteiger partial charge in [-0.05, 0) is 36.4 Å². The molecular weight excluding hydrogens is 411 g/mol. The first kappa shape index (κ1) is 17.9. The first-order chi connectivity index (χ1) is 14.1. The molecule has 0 saturated heterocycles. The highest BCUT2D eigenvalue weighted by Crippen LogP contribution is 2.30. The minimum atomic E-state index is 0.412. The molecule has 0 atom stereocenters. The number of H-pyrrole nitrogens is 1. The molecule has 0 aliphatic heterocycles. The van der Waals surface area contributed by atoms with Crippen LogP contribution < -0.4 is 4.74 Å². The van der Waals surface area contributed by atoms with Crippen LogP contribution in [0, 0.1) is 0 Å². The topological polar surface area (TPSA) is 81.0 Å². The second-order valence-electron chi connectivity index (χ2n) is 6.44. The molecule has 0 spiro atoms. The molecule has 29 heavy (non-hydrogen) atoms. The Balaban J connectivity index is 1.54. The summed E-state index contributed by atoms with van der Waals surface area (Å²) in [6.07, 6.45) is 4.17. The quantitative estimate of drug-likeness (QED) is 0.427. The van der Waals surface area contributed by atoms with E-state index in [1.54, 1.807) is 25.4 Å². The van der Waals surface area contributed by atoms with E-state index >= 15 is 0 Å². The fourth-order valence-corrected chi connectivity index (χ4v) is 3.63. The molecule has 0 bridgehead atoms. The number of fused-ring (bicyclic) bond motifs is 2. The second-order valence-corrected chi connectivity index (χ2v) is 7.23. The molecule has 9 heteroatoms. The molecule has 0 aliphatic rings. The van der Waals surface area contributed by atoms with Crippen LogP contribution in [-0.2, 0) is 6.42 Å². The Morgan fingerprint density at radius 3 is 2.79 bits per heavy atom. The summed E-state index contributed by atoms with van der Waals surface area (Å²) in [6.45, 7) is 0. The number of nitrogens with zero attached hydrogens (tertiary/aromatic N) is 5. The summed E-state index contributed by atoms with van der Waals surface area (Å²) in [5.41, 5.74) is 3.83. The third-order valence-electron chi connectivity index (χ3n) is 4.56. The Morgan fingerprint density at radius 2 is 1.97 bits per heavy atom. The Labute approximate surface area is 175 Å². The van der Waals surface area contributed by atoms with E-state index in [-0.39, 0.29) is 0 Å². The molecule has 4 aromatic heterocycles. The number of hydrogen-bond donors (Lipinski definition) is 1. The molecule has 1 N–H and O–H groups in total. The van der Waals surface area contributed by atoms with Crippen LogP contribution in [-0.4, -0.2) is 36.4 Å². The molecule has 0 unspecified atom stereocenters. The average molecular weight is 425 g/mol. The van der Waals surface area contributed by atoms with Crippen molar-refractivity contribution in [2.24, 2.45) is 0 Å². The number of rotatable bonds is 4. The maximum Gasteiger partial charge on any atom is 0.179 e. The van der Waals surface area contributed by atoms with E-state index in [2.05, 4.69) is 19.9 Å². The van der Waals surface area contributed by atoms with Crippen molar-refractivity contribution >= 4 is 40.0 Å². The van der Waals surface area contributed by atoms with E-state index in [4.69, 9.17) is 32.9 Å². The van der Waals surface area contributed by atoms with E-state index in [1.807, 2.05) is 34.9 Å². The summed E-state index contributed by atoms with van der Waals surface area (Å²) in [5.74, 6) is 2.15. The van der Waals surface area contributed by atoms with Gasteiger partial charge in [0.05, 0.1) is 23.3 Å². The lowest BCUT2D eigenvalue weighted by molar-refractivity contribution is 0.415. The van der Waals surface area contributed by atoms with Crippen LogP contribution >= 0.6 is 23.2 Å². The summed E-state index contributed by atoms with van der Waals surface area (Å²) in [4.78, 5) is 21.2. The SMILES string of the molecule is COc1ccc(-c2nccc3nc(Cc4nc5nc(Cl)ccc5[nH]4)cn23)c(Cl)c1. The van der Waals surface area contributed by atoms with Gasteiger partial charge in [0.25, 0.3) is 0 Å². The zero-order chi connectivity index (χ0) is 20.0. The molecule has 0 aliphatic carbocycles. The standard InChI is InChI=1S/C20H14Cl2N6O/c1-29-12-2-3-13(14(21)9-12)20-23-7-6-18-24-11(10-28(18)20)8-17-25-15-4-5-16(22)26-19(15)27-17/h2-7,9-10H,8H2,1H3,(H,25,26,27). The van der Waals surface area contributed by atoms with Gasteiger partial charge in [0.15, 0.2) is 5.65 Å². The Morgan fingerprint density at radius 1 is 1.07 bits per heavy atom. The minimum absolute atomic E-state index is 0.412. The van der Waals surface area contributed by atoms with Crippen LogP contribution in [0.15, 0.2) is 48.8 Å². The number of ether oxygens (including phenoxy) is 1. The number of nitrogens with one attached hydrogen (secondary N) is 1. The third-order valence-corrected chi connectivity index (χ3v) is 5.08. The summed E-state index contributed by atoms with van der Waals surface area (Å²) >= 11 is 12.4. The van der Waals surface area contributed by atoms with E-state index < -0.39 is 0 Å². The van der Waals surface area contributed by atoms with Gasteiger partial charge in [-0.3, -0.25) is 4.40 Å². The second kappa shape index (κ2) is 7.02. The molecule has 5 rings (SSSR count). The summed E-state index contributed by atoms with van der Waals surface area (Å²) in [7, 11) is 1.61. The lowest BCUT2D eigenvalue weighted by Gasteiger charge is -2.08. The molecule has 1 aromatic carbocycles. The summed E-state index contributed by atoms with van der Waals surface area (Å²) in [5, 5.41) is 0.968. The molecule has 0 radical (unpaired) electrons. The van der Waals surface area contributed by atoms with Crippen LogP contribution in [0.1, 0.15) is 11.5 Å². The highest BCUT2D eigenvalue weighted by atomic mass is 35.5. The first-order valence-corrected chi connectivity index (χ1v) is 9.54. The first-order valence-electron chi connectivity index (χ1n) is 8.79. The van der Waals surface area contributed by atoms with Crippen molar-refractivity contribution < 1.29 is 4.74 Å². The van der Waals surface area contributed by atoms with Crippen molar-refractivity contribution in [3.8, 4) is 17.1 Å². The highest BCUT2D eigenvalue weighted by molar-refractivity contribution is 6.33. The third kappa shape index (κ3) is 3.28. The zero-order valence-corrected chi connectivity index (χ0v) is 16.7. The van der Waals surface area contributed by atoms with Gasteiger partial charge in [0, 0.05) is 24.4 Å². The number of hydrogen-bond acceptors (Lipinski definition) is 5. The number of aromatic nitrogens is 6. The summed E-state index contributed by atoms with van der Waals surface area (Å²) < 4.78 is 7.15. The summed E-state index contributed by atoms with van der Waals surface area (Å²) in [6, 6.07) is 10.9. The molecule has 144 valence electrons. The molecular formula is C20H14Cl2N6O. The van der Waals surface area contributed by atoms with Crippen LogP contribution in [0.3, 0.4) is 0 Å². The van der Waals surface area contributed by atoms with Gasteiger partial charge < -0.3 is 9.72 Å². The van der Waals surface area contributed by atoms with Gasteiger partial charge in [-0.2, -0.15) is 0 Å². The maximum absolute atomic E-state index is 6.45. The lowest BCUT2D eigenvalue weighted by atomic mass is 10.2. The van der Waals surface area contributed by atoms with Crippen LogP contribution in [0.2, 0.25) is 10.2 Å². The molecule has 7 nitrogen and oxygen atoms in total. The van der Waals surface area contributed by atoms with Crippen molar-refractivity contribution in [1.82, 2.24) is 29.3 Å². The molecule has 4 heterocycles. The maximum atomic E-state index is 6.45. The highest BCUT2D eigenvalue weighted by Gasteiger charge is 2.14. The van der Waals surface area contributed by atoms with Crippen molar-refractivity contribution in [2.75, 3.05) is 7.11 Å². The number of aromatic amines is 1. The number of halogens is 2. The molecule has 0 saturated carbocycles. The number of benzene rings is 1. The van der Waals surface area contributed by atoms with Gasteiger partial charge in [-0.25, -0.2) is 19.9 Å². The van der Waals surface area contributed by atoms with Crippen molar-refractivity contribution in [2.45, 2.75) is 6.42 Å². The monoisotopic (exact) mass is 424 g/mol. The molecule has 0 fully saturated rings. The molecule has 5 aromatic rings. The van der Waals surface area contributed by atoms with Crippen LogP contribution in [0.25, 0.3) is 28.2 Å².